The quantitative estimate of drug-likeness (QED) is 0.110. The number of amides is 1. The number of carbonyl (C=O) groups is 3. The Kier molecular flexibility index (Phi) is 12.9. The monoisotopic (exact) mass is 337 g/mol. The molecule has 0 saturated heterocycles. The summed E-state index contributed by atoms with van der Waals surface area (Å²) in [6.45, 7) is 1.75. The van der Waals surface area contributed by atoms with Crippen LogP contribution in [0.1, 0.15) is 19.8 Å². The van der Waals surface area contributed by atoms with Gasteiger partial charge in [-0.05, 0) is 12.8 Å². The molecule has 0 aliphatic carbocycles. The van der Waals surface area contributed by atoms with Gasteiger partial charge in [-0.15, -0.1) is 0 Å². The molecule has 0 aromatic carbocycles. The minimum Gasteiger partial charge on any atom is -0.480 e. The number of nitrogens with one attached hydrogen (secondary N) is 3. The molecule has 0 radical (unpaired) electrons. The van der Waals surface area contributed by atoms with E-state index in [9.17, 15) is 14.4 Å². The molecule has 1 amide bonds. The minimum absolute atomic E-state index is 0.106. The fraction of sp³-hybridized carbons (Fsp3) is 0.636. The van der Waals surface area contributed by atoms with Crippen LogP contribution in [-0.2, 0) is 14.4 Å². The first-order valence-electron chi connectivity index (χ1n) is 6.28. The van der Waals surface area contributed by atoms with E-state index in [2.05, 4.69) is 23.3 Å². The maximum atomic E-state index is 10.3. The summed E-state index contributed by atoms with van der Waals surface area (Å²) in [7, 11) is 0. The van der Waals surface area contributed by atoms with E-state index in [1.165, 1.54) is 6.92 Å². The van der Waals surface area contributed by atoms with Gasteiger partial charge in [-0.3, -0.25) is 15.0 Å². The molecule has 0 fully saturated rings. The van der Waals surface area contributed by atoms with E-state index in [1.807, 2.05) is 0 Å². The number of thiol groups is 1. The van der Waals surface area contributed by atoms with Crippen molar-refractivity contribution in [1.82, 2.24) is 10.6 Å². The second kappa shape index (κ2) is 12.7. The molecule has 0 aromatic heterocycles. The van der Waals surface area contributed by atoms with Gasteiger partial charge in [0.25, 0.3) is 0 Å². The van der Waals surface area contributed by atoms with Crippen molar-refractivity contribution < 1.29 is 24.6 Å². The van der Waals surface area contributed by atoms with Gasteiger partial charge >= 0.3 is 11.9 Å². The van der Waals surface area contributed by atoms with E-state index in [1.54, 1.807) is 0 Å². The van der Waals surface area contributed by atoms with Crippen molar-refractivity contribution in [3.05, 3.63) is 0 Å². The molecule has 11 heteroatoms. The van der Waals surface area contributed by atoms with Crippen LogP contribution in [0.25, 0.3) is 0 Å². The fourth-order valence-electron chi connectivity index (χ4n) is 1.10. The van der Waals surface area contributed by atoms with Gasteiger partial charge in [0.1, 0.15) is 12.1 Å². The molecule has 9 N–H and O–H groups in total. The fourth-order valence-corrected chi connectivity index (χ4v) is 1.35. The average Bonchev–Trinajstić information content (AvgIpc) is 2.40. The number of hydrogen-bond acceptors (Lipinski definition) is 6. The summed E-state index contributed by atoms with van der Waals surface area (Å²) >= 11 is 3.73. The smallest absolute Gasteiger partial charge is 0.327 e. The van der Waals surface area contributed by atoms with E-state index >= 15 is 0 Å². The molecule has 0 rings (SSSR count). The first-order chi connectivity index (χ1) is 10.1. The summed E-state index contributed by atoms with van der Waals surface area (Å²) in [6, 6.07) is -1.69. The van der Waals surface area contributed by atoms with Crippen molar-refractivity contribution in [1.29, 1.82) is 5.41 Å². The van der Waals surface area contributed by atoms with Crippen molar-refractivity contribution in [3.63, 3.8) is 0 Å². The Morgan fingerprint density at radius 2 is 1.82 bits per heavy atom. The lowest BCUT2D eigenvalue weighted by molar-refractivity contribution is -0.141. The van der Waals surface area contributed by atoms with E-state index in [0.29, 0.717) is 19.4 Å². The van der Waals surface area contributed by atoms with Gasteiger partial charge in [-0.1, -0.05) is 0 Å². The molecule has 0 saturated carbocycles. The lowest BCUT2D eigenvalue weighted by Gasteiger charge is -2.08. The van der Waals surface area contributed by atoms with Gasteiger partial charge in [-0.25, -0.2) is 4.79 Å². The lowest BCUT2D eigenvalue weighted by atomic mass is 10.2. The predicted octanol–water partition coefficient (Wildman–Crippen LogP) is -1.83. The topological polar surface area (TPSA) is 192 Å². The lowest BCUT2D eigenvalue weighted by Crippen LogP contribution is -2.40. The number of guanidine groups is 1. The van der Waals surface area contributed by atoms with Gasteiger partial charge < -0.3 is 32.3 Å². The van der Waals surface area contributed by atoms with Crippen LogP contribution in [0.2, 0.25) is 0 Å². The number of hydrogen-bond donors (Lipinski definition) is 8. The Bertz CT molecular complexity index is 393. The van der Waals surface area contributed by atoms with Crippen LogP contribution in [0.5, 0.6) is 0 Å². The zero-order valence-electron chi connectivity index (χ0n) is 12.2. The van der Waals surface area contributed by atoms with E-state index in [4.69, 9.17) is 27.1 Å². The summed E-state index contributed by atoms with van der Waals surface area (Å²) < 4.78 is 0. The maximum absolute atomic E-state index is 10.3. The summed E-state index contributed by atoms with van der Waals surface area (Å²) in [5.41, 5.74) is 10.2. The molecule has 2 unspecified atom stereocenters. The number of carboxylic acid groups (broad SMARTS) is 2. The molecule has 2 atom stereocenters. The first-order valence-corrected chi connectivity index (χ1v) is 6.92. The zero-order chi connectivity index (χ0) is 17.7. The van der Waals surface area contributed by atoms with Crippen molar-refractivity contribution in [2.75, 3.05) is 12.3 Å². The normalized spacial score (nSPS) is 12.1. The first kappa shape index (κ1) is 22.3. The Balaban J connectivity index is 0. The zero-order valence-corrected chi connectivity index (χ0v) is 13.1. The van der Waals surface area contributed by atoms with Crippen LogP contribution < -0.4 is 22.1 Å². The van der Waals surface area contributed by atoms with Crippen LogP contribution >= 0.6 is 12.6 Å². The third-order valence-corrected chi connectivity index (χ3v) is 2.55. The largest absolute Gasteiger partial charge is 0.480 e. The third kappa shape index (κ3) is 14.4. The predicted molar refractivity (Wildman–Crippen MR) is 83.9 cm³/mol. The van der Waals surface area contributed by atoms with Gasteiger partial charge in [0.15, 0.2) is 5.96 Å². The van der Waals surface area contributed by atoms with Crippen LogP contribution in [-0.4, -0.2) is 58.4 Å². The second-order valence-electron chi connectivity index (χ2n) is 4.20. The van der Waals surface area contributed by atoms with Crippen LogP contribution in [0, 0.1) is 5.41 Å². The molecular formula is C11H23N5O5S. The molecule has 0 aliphatic rings. The highest BCUT2D eigenvalue weighted by molar-refractivity contribution is 7.80. The molecular weight excluding hydrogens is 314 g/mol. The molecule has 22 heavy (non-hydrogen) atoms. The highest BCUT2D eigenvalue weighted by atomic mass is 32.1. The molecule has 0 heterocycles. The highest BCUT2D eigenvalue weighted by Crippen LogP contribution is 1.92. The van der Waals surface area contributed by atoms with E-state index < -0.39 is 24.0 Å². The van der Waals surface area contributed by atoms with Crippen molar-refractivity contribution >= 4 is 36.4 Å². The number of carboxylic acids is 2. The summed E-state index contributed by atoms with van der Waals surface area (Å²) in [5, 5.41) is 28.3. The Morgan fingerprint density at radius 1 is 1.27 bits per heavy atom. The summed E-state index contributed by atoms with van der Waals surface area (Å²) in [5.74, 6) is -2.43. The molecule has 0 spiro atoms. The maximum Gasteiger partial charge on any atom is 0.327 e. The third-order valence-electron chi connectivity index (χ3n) is 2.18. The number of nitrogens with two attached hydrogens (primary N) is 2. The van der Waals surface area contributed by atoms with Crippen molar-refractivity contribution in [3.8, 4) is 0 Å². The summed E-state index contributed by atoms with van der Waals surface area (Å²) in [4.78, 5) is 30.7. The van der Waals surface area contributed by atoms with Crippen molar-refractivity contribution in [2.24, 2.45) is 11.5 Å². The average molecular weight is 337 g/mol. The molecule has 0 bridgehead atoms. The standard InChI is InChI=1S/C6H14N4O2.C5H9NO3S/c7-4(5(11)12)2-1-3-10-6(8)9;1-3(7)6-4(2-10)5(8)9/h4H,1-3,7H2,(H,11,12)(H4,8,9,10);4,10H,2H2,1H3,(H,6,7)(H,8,9). The SMILES string of the molecule is CC(=O)NC(CS)C(=O)O.N=C(N)NCCCC(N)C(=O)O. The second-order valence-corrected chi connectivity index (χ2v) is 4.57. The van der Waals surface area contributed by atoms with E-state index in [0.717, 1.165) is 0 Å². The Labute approximate surface area is 133 Å². The minimum atomic E-state index is -1.06. The Morgan fingerprint density at radius 3 is 2.09 bits per heavy atom. The number of aliphatic carboxylic acids is 2. The van der Waals surface area contributed by atoms with Gasteiger partial charge in [0.2, 0.25) is 5.91 Å². The van der Waals surface area contributed by atoms with Crippen LogP contribution in [0.15, 0.2) is 0 Å². The van der Waals surface area contributed by atoms with Crippen LogP contribution in [0.4, 0.5) is 0 Å². The highest BCUT2D eigenvalue weighted by Gasteiger charge is 2.15. The number of rotatable bonds is 8. The number of carbonyl (C=O) groups excluding carboxylic acids is 1. The van der Waals surface area contributed by atoms with Gasteiger partial charge in [-0.2, -0.15) is 12.6 Å². The molecule has 0 aromatic rings. The molecule has 0 aliphatic heterocycles. The Hall–Kier alpha value is -2.01. The molecule has 128 valence electrons. The van der Waals surface area contributed by atoms with Crippen molar-refractivity contribution in [2.45, 2.75) is 31.8 Å². The van der Waals surface area contributed by atoms with Gasteiger partial charge in [0, 0.05) is 19.2 Å². The van der Waals surface area contributed by atoms with Crippen LogP contribution in [0.3, 0.4) is 0 Å². The van der Waals surface area contributed by atoms with E-state index in [-0.39, 0.29) is 17.6 Å². The summed E-state index contributed by atoms with van der Waals surface area (Å²) in [6.07, 6.45) is 0.975. The molecule has 10 nitrogen and oxygen atoms in total. The van der Waals surface area contributed by atoms with Gasteiger partial charge in [0.05, 0.1) is 0 Å².